The number of carbonyl (C=O) groups is 1. The summed E-state index contributed by atoms with van der Waals surface area (Å²) in [6.45, 7) is 1.12. The highest BCUT2D eigenvalue weighted by Gasteiger charge is 2.33. The molecule has 0 radical (unpaired) electrons. The van der Waals surface area contributed by atoms with Gasteiger partial charge < -0.3 is 10.6 Å². The summed E-state index contributed by atoms with van der Waals surface area (Å²) < 4.78 is 0. The number of likely N-dealkylation sites (N-methyl/N-ethyl adjacent to an activating group) is 1. The van der Waals surface area contributed by atoms with E-state index >= 15 is 0 Å². The summed E-state index contributed by atoms with van der Waals surface area (Å²) in [5.41, 5.74) is 10.5. The molecular weight excluding hydrogens is 260 g/mol. The van der Waals surface area contributed by atoms with E-state index < -0.39 is 0 Å². The molecule has 1 atom stereocenters. The van der Waals surface area contributed by atoms with Gasteiger partial charge in [0.15, 0.2) is 0 Å². The Bertz CT molecular complexity index is 666. The summed E-state index contributed by atoms with van der Waals surface area (Å²) in [7, 11) is 1.87. The van der Waals surface area contributed by atoms with E-state index in [1.54, 1.807) is 0 Å². The molecule has 0 heterocycles. The van der Waals surface area contributed by atoms with Crippen molar-refractivity contribution in [1.29, 1.82) is 0 Å². The van der Waals surface area contributed by atoms with Crippen LogP contribution in [0.25, 0.3) is 0 Å². The fraction of sp³-hybridized carbons (Fsp3) is 0.278. The zero-order valence-corrected chi connectivity index (χ0v) is 12.3. The molecule has 108 valence electrons. The van der Waals surface area contributed by atoms with Crippen molar-refractivity contribution >= 4 is 5.91 Å². The molecule has 3 rings (SSSR count). The van der Waals surface area contributed by atoms with Crippen molar-refractivity contribution < 1.29 is 4.79 Å². The molecule has 0 spiro atoms. The van der Waals surface area contributed by atoms with Gasteiger partial charge in [0.1, 0.15) is 0 Å². The van der Waals surface area contributed by atoms with Crippen LogP contribution >= 0.6 is 0 Å². The Hall–Kier alpha value is -2.13. The van der Waals surface area contributed by atoms with Gasteiger partial charge in [0.25, 0.3) is 0 Å². The quantitative estimate of drug-likeness (QED) is 0.935. The van der Waals surface area contributed by atoms with Crippen molar-refractivity contribution in [2.45, 2.75) is 25.4 Å². The lowest BCUT2D eigenvalue weighted by Gasteiger charge is -2.32. The first kappa shape index (κ1) is 13.8. The molecule has 1 amide bonds. The van der Waals surface area contributed by atoms with Crippen LogP contribution in [-0.2, 0) is 24.3 Å². The van der Waals surface area contributed by atoms with Gasteiger partial charge in [-0.1, -0.05) is 48.5 Å². The minimum atomic E-state index is 0.0243. The molecule has 2 N–H and O–H groups in total. The molecule has 3 nitrogen and oxygen atoms in total. The lowest BCUT2D eigenvalue weighted by atomic mass is 9.77. The van der Waals surface area contributed by atoms with Gasteiger partial charge >= 0.3 is 0 Å². The standard InChI is InChI=1S/C18H20N2O/c1-20(12-15-8-3-2-7-14(15)11-19)18(21)17-10-13-6-4-5-9-16(13)17/h2-9,17H,10-12,19H2,1H3. The number of benzene rings is 2. The van der Waals surface area contributed by atoms with Crippen molar-refractivity contribution in [1.82, 2.24) is 4.90 Å². The molecule has 21 heavy (non-hydrogen) atoms. The second kappa shape index (κ2) is 5.70. The van der Waals surface area contributed by atoms with Crippen LogP contribution in [0.5, 0.6) is 0 Å². The Morgan fingerprint density at radius 3 is 2.52 bits per heavy atom. The maximum absolute atomic E-state index is 12.6. The van der Waals surface area contributed by atoms with E-state index in [-0.39, 0.29) is 11.8 Å². The van der Waals surface area contributed by atoms with E-state index in [1.807, 2.05) is 48.3 Å². The normalized spacial score (nSPS) is 16.0. The van der Waals surface area contributed by atoms with E-state index in [9.17, 15) is 4.79 Å². The molecule has 1 unspecified atom stereocenters. The van der Waals surface area contributed by atoms with E-state index in [1.165, 1.54) is 11.1 Å². The Labute approximate surface area is 125 Å². The molecule has 3 heteroatoms. The predicted octanol–water partition coefficient (Wildman–Crippen LogP) is 2.44. The average Bonchev–Trinajstić information content (AvgIpc) is 2.49. The number of rotatable bonds is 4. The van der Waals surface area contributed by atoms with Crippen molar-refractivity contribution in [2.75, 3.05) is 7.05 Å². The number of nitrogens with zero attached hydrogens (tertiary/aromatic N) is 1. The second-order valence-corrected chi connectivity index (χ2v) is 5.62. The fourth-order valence-electron chi connectivity index (χ4n) is 2.99. The molecule has 0 aromatic heterocycles. The lowest BCUT2D eigenvalue weighted by molar-refractivity contribution is -0.132. The van der Waals surface area contributed by atoms with Gasteiger partial charge in [-0.2, -0.15) is 0 Å². The first-order chi connectivity index (χ1) is 10.2. The third kappa shape index (κ3) is 2.57. The Morgan fingerprint density at radius 1 is 1.14 bits per heavy atom. The summed E-state index contributed by atoms with van der Waals surface area (Å²) in [5, 5.41) is 0. The van der Waals surface area contributed by atoms with E-state index in [2.05, 4.69) is 12.1 Å². The highest BCUT2D eigenvalue weighted by Crippen LogP contribution is 2.36. The van der Waals surface area contributed by atoms with Gasteiger partial charge in [-0.3, -0.25) is 4.79 Å². The number of nitrogens with two attached hydrogens (primary N) is 1. The van der Waals surface area contributed by atoms with Crippen molar-refractivity contribution in [3.63, 3.8) is 0 Å². The van der Waals surface area contributed by atoms with E-state index in [4.69, 9.17) is 5.73 Å². The molecular formula is C18H20N2O. The first-order valence-electron chi connectivity index (χ1n) is 7.30. The number of hydrogen-bond acceptors (Lipinski definition) is 2. The van der Waals surface area contributed by atoms with Crippen LogP contribution in [-0.4, -0.2) is 17.9 Å². The molecule has 2 aromatic rings. The molecule has 0 aliphatic heterocycles. The molecule has 0 fully saturated rings. The summed E-state index contributed by atoms with van der Waals surface area (Å²) in [4.78, 5) is 14.4. The maximum Gasteiger partial charge on any atom is 0.230 e. The third-order valence-electron chi connectivity index (χ3n) is 4.27. The van der Waals surface area contributed by atoms with Crippen LogP contribution in [0, 0.1) is 0 Å². The lowest BCUT2D eigenvalue weighted by Crippen LogP contribution is -2.36. The monoisotopic (exact) mass is 280 g/mol. The van der Waals surface area contributed by atoms with E-state index in [0.29, 0.717) is 13.1 Å². The van der Waals surface area contributed by atoms with E-state index in [0.717, 1.165) is 17.5 Å². The van der Waals surface area contributed by atoms with Gasteiger partial charge in [0.05, 0.1) is 5.92 Å². The van der Waals surface area contributed by atoms with Crippen LogP contribution in [0.4, 0.5) is 0 Å². The van der Waals surface area contributed by atoms with Gasteiger partial charge in [0.2, 0.25) is 5.91 Å². The van der Waals surface area contributed by atoms with Crippen LogP contribution < -0.4 is 5.73 Å². The van der Waals surface area contributed by atoms with Crippen LogP contribution in [0.2, 0.25) is 0 Å². The molecule has 2 aromatic carbocycles. The van der Waals surface area contributed by atoms with Crippen molar-refractivity contribution in [2.24, 2.45) is 5.73 Å². The zero-order chi connectivity index (χ0) is 14.8. The second-order valence-electron chi connectivity index (χ2n) is 5.62. The number of fused-ring (bicyclic) bond motifs is 1. The summed E-state index contributed by atoms with van der Waals surface area (Å²) in [6, 6.07) is 16.2. The molecule has 0 saturated heterocycles. The first-order valence-corrected chi connectivity index (χ1v) is 7.30. The van der Waals surface area contributed by atoms with Crippen LogP contribution in [0.3, 0.4) is 0 Å². The van der Waals surface area contributed by atoms with Gasteiger partial charge in [-0.25, -0.2) is 0 Å². The minimum absolute atomic E-state index is 0.0243. The largest absolute Gasteiger partial charge is 0.341 e. The topological polar surface area (TPSA) is 46.3 Å². The number of carbonyl (C=O) groups excluding carboxylic acids is 1. The zero-order valence-electron chi connectivity index (χ0n) is 12.3. The Morgan fingerprint density at radius 2 is 1.81 bits per heavy atom. The molecule has 0 saturated carbocycles. The fourth-order valence-corrected chi connectivity index (χ4v) is 2.99. The summed E-state index contributed by atoms with van der Waals surface area (Å²) >= 11 is 0. The highest BCUT2D eigenvalue weighted by atomic mass is 16.2. The molecule has 1 aliphatic rings. The number of hydrogen-bond donors (Lipinski definition) is 1. The Kier molecular flexibility index (Phi) is 3.76. The number of amides is 1. The summed E-state index contributed by atoms with van der Waals surface area (Å²) in [6.07, 6.45) is 0.859. The van der Waals surface area contributed by atoms with Crippen molar-refractivity contribution in [3.05, 3.63) is 70.8 Å². The summed E-state index contributed by atoms with van der Waals surface area (Å²) in [5.74, 6) is 0.219. The highest BCUT2D eigenvalue weighted by molar-refractivity contribution is 5.86. The predicted molar refractivity (Wildman–Crippen MR) is 83.7 cm³/mol. The van der Waals surface area contributed by atoms with Gasteiger partial charge in [-0.15, -0.1) is 0 Å². The average molecular weight is 280 g/mol. The molecule has 0 bridgehead atoms. The van der Waals surface area contributed by atoms with Gasteiger partial charge in [0, 0.05) is 20.1 Å². The minimum Gasteiger partial charge on any atom is -0.341 e. The molecule has 1 aliphatic carbocycles. The van der Waals surface area contributed by atoms with Crippen LogP contribution in [0.15, 0.2) is 48.5 Å². The van der Waals surface area contributed by atoms with Gasteiger partial charge in [-0.05, 0) is 28.7 Å². The van der Waals surface area contributed by atoms with Crippen molar-refractivity contribution in [3.8, 4) is 0 Å². The van der Waals surface area contributed by atoms with Crippen LogP contribution in [0.1, 0.15) is 28.2 Å². The maximum atomic E-state index is 12.6. The third-order valence-corrected chi connectivity index (χ3v) is 4.27. The SMILES string of the molecule is CN(Cc1ccccc1CN)C(=O)C1Cc2ccccc21. The Balaban J connectivity index is 1.72. The smallest absolute Gasteiger partial charge is 0.230 e.